The number of piperidine rings is 1. The van der Waals surface area contributed by atoms with Gasteiger partial charge in [0, 0.05) is 37.6 Å². The average molecular weight is 280 g/mol. The van der Waals surface area contributed by atoms with E-state index in [9.17, 15) is 0 Å². The van der Waals surface area contributed by atoms with Crippen LogP contribution in [0.5, 0.6) is 0 Å². The number of methoxy groups -OCH3 is 1. The highest BCUT2D eigenvalue weighted by molar-refractivity contribution is 5.05. The molecule has 1 aromatic rings. The lowest BCUT2D eigenvalue weighted by molar-refractivity contribution is 0.157. The van der Waals surface area contributed by atoms with Crippen molar-refractivity contribution in [3.63, 3.8) is 0 Å². The monoisotopic (exact) mass is 280 g/mol. The molecule has 3 unspecified atom stereocenters. The lowest BCUT2D eigenvalue weighted by Crippen LogP contribution is -2.39. The number of hydrogen-bond donors (Lipinski definition) is 1. The highest BCUT2D eigenvalue weighted by Gasteiger charge is 2.40. The number of aromatic nitrogens is 2. The number of rotatable bonds is 5. The summed E-state index contributed by atoms with van der Waals surface area (Å²) in [5.74, 6) is 1.95. The van der Waals surface area contributed by atoms with Gasteiger partial charge in [-0.2, -0.15) is 4.98 Å². The van der Waals surface area contributed by atoms with E-state index in [0.29, 0.717) is 36.9 Å². The Labute approximate surface area is 119 Å². The molecule has 2 N–H and O–H groups in total. The van der Waals surface area contributed by atoms with Gasteiger partial charge in [0.25, 0.3) is 0 Å². The number of fused-ring (bicyclic) bond motifs is 2. The quantitative estimate of drug-likeness (QED) is 0.864. The largest absolute Gasteiger partial charge is 0.383 e. The van der Waals surface area contributed by atoms with Crippen molar-refractivity contribution in [2.45, 2.75) is 56.1 Å². The third-order valence-electron chi connectivity index (χ3n) is 4.76. The van der Waals surface area contributed by atoms with Gasteiger partial charge in [-0.15, -0.1) is 0 Å². The molecule has 0 spiro atoms. The number of ether oxygens (including phenoxy) is 1. The predicted octanol–water partition coefficient (Wildman–Crippen LogP) is 0.926. The molecule has 2 bridgehead atoms. The van der Waals surface area contributed by atoms with Crippen molar-refractivity contribution in [3.8, 4) is 0 Å². The molecule has 0 aromatic carbocycles. The zero-order chi connectivity index (χ0) is 14.1. The van der Waals surface area contributed by atoms with Crippen LogP contribution < -0.4 is 5.73 Å². The van der Waals surface area contributed by atoms with Crippen LogP contribution in [0.1, 0.15) is 43.3 Å². The lowest BCUT2D eigenvalue weighted by atomic mass is 9.90. The first kappa shape index (κ1) is 14.0. The Balaban J connectivity index is 1.62. The van der Waals surface area contributed by atoms with Crippen LogP contribution in [-0.2, 0) is 11.2 Å². The molecule has 0 amide bonds. The molecule has 3 atom stereocenters. The molecular weight excluding hydrogens is 256 g/mol. The first-order valence-corrected chi connectivity index (χ1v) is 7.46. The Kier molecular flexibility index (Phi) is 4.05. The van der Waals surface area contributed by atoms with Crippen molar-refractivity contribution in [2.24, 2.45) is 5.73 Å². The summed E-state index contributed by atoms with van der Waals surface area (Å²) < 4.78 is 10.4. The predicted molar refractivity (Wildman–Crippen MR) is 74.4 cm³/mol. The minimum absolute atomic E-state index is 0.0815. The molecule has 2 aliphatic rings. The summed E-state index contributed by atoms with van der Waals surface area (Å²) in [5, 5.41) is 4.17. The van der Waals surface area contributed by atoms with E-state index >= 15 is 0 Å². The summed E-state index contributed by atoms with van der Waals surface area (Å²) in [6.07, 6.45) is 5.49. The summed E-state index contributed by atoms with van der Waals surface area (Å²) in [6.45, 7) is 0.510. The Hall–Kier alpha value is -0.980. The molecule has 1 aromatic heterocycles. The number of nitrogens with two attached hydrogens (primary N) is 1. The maximum Gasteiger partial charge on any atom is 0.228 e. The molecule has 3 rings (SSSR count). The zero-order valence-electron chi connectivity index (χ0n) is 12.3. The molecule has 2 aliphatic heterocycles. The SMILES string of the molecule is COCC(N)Cc1nc(C2CC3CCC(C2)N3C)no1. The van der Waals surface area contributed by atoms with Crippen molar-refractivity contribution in [1.82, 2.24) is 15.0 Å². The van der Waals surface area contributed by atoms with E-state index in [1.807, 2.05) is 0 Å². The number of nitrogens with zero attached hydrogens (tertiary/aromatic N) is 3. The van der Waals surface area contributed by atoms with E-state index in [1.54, 1.807) is 7.11 Å². The van der Waals surface area contributed by atoms with Crippen LogP contribution >= 0.6 is 0 Å². The standard InChI is InChI=1S/C14H24N4O2/c1-18-11-3-4-12(18)6-9(5-11)14-16-13(20-17-14)7-10(15)8-19-2/h9-12H,3-8,15H2,1-2H3. The first-order chi connectivity index (χ1) is 9.67. The smallest absolute Gasteiger partial charge is 0.228 e. The van der Waals surface area contributed by atoms with Gasteiger partial charge in [-0.25, -0.2) is 0 Å². The van der Waals surface area contributed by atoms with Crippen LogP contribution in [0, 0.1) is 0 Å². The van der Waals surface area contributed by atoms with Crippen LogP contribution in [0.4, 0.5) is 0 Å². The fraction of sp³-hybridized carbons (Fsp3) is 0.857. The molecule has 0 saturated carbocycles. The van der Waals surface area contributed by atoms with Crippen molar-refractivity contribution < 1.29 is 9.26 Å². The molecule has 3 heterocycles. The van der Waals surface area contributed by atoms with E-state index in [0.717, 1.165) is 18.7 Å². The summed E-state index contributed by atoms with van der Waals surface area (Å²) in [4.78, 5) is 7.07. The summed E-state index contributed by atoms with van der Waals surface area (Å²) in [5.41, 5.74) is 5.92. The summed E-state index contributed by atoms with van der Waals surface area (Å²) in [6, 6.07) is 1.30. The van der Waals surface area contributed by atoms with Gasteiger partial charge >= 0.3 is 0 Å². The fourth-order valence-electron chi connectivity index (χ4n) is 3.64. The van der Waals surface area contributed by atoms with E-state index in [2.05, 4.69) is 22.1 Å². The van der Waals surface area contributed by atoms with Crippen LogP contribution in [0.15, 0.2) is 4.52 Å². The van der Waals surface area contributed by atoms with Gasteiger partial charge in [-0.3, -0.25) is 0 Å². The second-order valence-corrected chi connectivity index (χ2v) is 6.18. The van der Waals surface area contributed by atoms with Gasteiger partial charge in [0.05, 0.1) is 6.61 Å². The highest BCUT2D eigenvalue weighted by atomic mass is 16.5. The molecule has 20 heavy (non-hydrogen) atoms. The third-order valence-corrected chi connectivity index (χ3v) is 4.76. The second-order valence-electron chi connectivity index (χ2n) is 6.18. The van der Waals surface area contributed by atoms with Crippen LogP contribution in [-0.4, -0.2) is 53.9 Å². The van der Waals surface area contributed by atoms with Gasteiger partial charge < -0.3 is 19.9 Å². The third kappa shape index (κ3) is 2.73. The van der Waals surface area contributed by atoms with Crippen molar-refractivity contribution >= 4 is 0 Å². The lowest BCUT2D eigenvalue weighted by Gasteiger charge is -2.34. The van der Waals surface area contributed by atoms with Gasteiger partial charge in [0.15, 0.2) is 5.82 Å². The Morgan fingerprint density at radius 1 is 1.40 bits per heavy atom. The maximum atomic E-state index is 5.92. The topological polar surface area (TPSA) is 77.4 Å². The van der Waals surface area contributed by atoms with Crippen LogP contribution in [0.3, 0.4) is 0 Å². The van der Waals surface area contributed by atoms with Gasteiger partial charge in [0.2, 0.25) is 5.89 Å². The average Bonchev–Trinajstić information content (AvgIpc) is 2.92. The van der Waals surface area contributed by atoms with Crippen LogP contribution in [0.2, 0.25) is 0 Å². The van der Waals surface area contributed by atoms with E-state index in [4.69, 9.17) is 15.0 Å². The van der Waals surface area contributed by atoms with Gasteiger partial charge in [0.1, 0.15) is 0 Å². The van der Waals surface area contributed by atoms with Gasteiger partial charge in [-0.1, -0.05) is 5.16 Å². The van der Waals surface area contributed by atoms with E-state index in [-0.39, 0.29) is 6.04 Å². The minimum atomic E-state index is -0.0815. The summed E-state index contributed by atoms with van der Waals surface area (Å²) in [7, 11) is 3.89. The Morgan fingerprint density at radius 2 is 2.10 bits per heavy atom. The van der Waals surface area contributed by atoms with E-state index in [1.165, 1.54) is 12.8 Å². The first-order valence-electron chi connectivity index (χ1n) is 7.46. The van der Waals surface area contributed by atoms with Gasteiger partial charge in [-0.05, 0) is 32.7 Å². The van der Waals surface area contributed by atoms with Crippen LogP contribution in [0.25, 0.3) is 0 Å². The van der Waals surface area contributed by atoms with Crippen molar-refractivity contribution in [2.75, 3.05) is 20.8 Å². The Bertz CT molecular complexity index is 436. The molecule has 0 radical (unpaired) electrons. The molecule has 0 aliphatic carbocycles. The highest BCUT2D eigenvalue weighted by Crippen LogP contribution is 2.41. The molecule has 2 saturated heterocycles. The van der Waals surface area contributed by atoms with Crippen molar-refractivity contribution in [3.05, 3.63) is 11.7 Å². The fourth-order valence-corrected chi connectivity index (χ4v) is 3.64. The summed E-state index contributed by atoms with van der Waals surface area (Å²) >= 11 is 0. The second kappa shape index (κ2) is 5.79. The molecule has 2 fully saturated rings. The molecular formula is C14H24N4O2. The Morgan fingerprint density at radius 3 is 2.75 bits per heavy atom. The molecule has 112 valence electrons. The minimum Gasteiger partial charge on any atom is -0.383 e. The maximum absolute atomic E-state index is 5.92. The molecule has 6 heteroatoms. The zero-order valence-corrected chi connectivity index (χ0v) is 12.3. The normalized spacial score (nSPS) is 31.6. The van der Waals surface area contributed by atoms with E-state index < -0.39 is 0 Å². The van der Waals surface area contributed by atoms with Crippen molar-refractivity contribution in [1.29, 1.82) is 0 Å². The molecule has 6 nitrogen and oxygen atoms in total. The number of hydrogen-bond acceptors (Lipinski definition) is 6.